The number of carbonyl (C=O) groups is 1. The van der Waals surface area contributed by atoms with Gasteiger partial charge in [-0.2, -0.15) is 13.2 Å². The topological polar surface area (TPSA) is 44.8 Å². The Morgan fingerprint density at radius 1 is 0.972 bits per heavy atom. The smallest absolute Gasteiger partial charge is 0.419 e. The lowest BCUT2D eigenvalue weighted by molar-refractivity contribution is -0.168. The van der Waals surface area contributed by atoms with E-state index in [1.54, 1.807) is 6.92 Å². The Balaban J connectivity index is 1.29. The summed E-state index contributed by atoms with van der Waals surface area (Å²) in [4.78, 5) is 12.7. The van der Waals surface area contributed by atoms with Crippen LogP contribution in [0.25, 0.3) is 0 Å². The molecule has 8 heteroatoms. The van der Waals surface area contributed by atoms with Gasteiger partial charge in [-0.3, -0.25) is 0 Å². The van der Waals surface area contributed by atoms with Gasteiger partial charge in [0.1, 0.15) is 6.10 Å². The molecule has 1 aromatic carbocycles. The summed E-state index contributed by atoms with van der Waals surface area (Å²) in [6.07, 6.45) is 3.86. The third-order valence-corrected chi connectivity index (χ3v) is 8.43. The SMILES string of the molecule is CCOc1ccc(C2CCC(C(=O)OC3CCC(C4CCC(C)CC4)CC3)OC2)c(C(F)(F)F)c1F. The predicted molar refractivity (Wildman–Crippen MR) is 127 cm³/mol. The summed E-state index contributed by atoms with van der Waals surface area (Å²) in [5.41, 5.74) is -1.47. The van der Waals surface area contributed by atoms with Crippen LogP contribution < -0.4 is 4.74 Å². The zero-order valence-electron chi connectivity index (χ0n) is 21.2. The fourth-order valence-electron chi connectivity index (χ4n) is 6.33. The van der Waals surface area contributed by atoms with Gasteiger partial charge in [-0.15, -0.1) is 0 Å². The van der Waals surface area contributed by atoms with Crippen LogP contribution in [0.2, 0.25) is 0 Å². The summed E-state index contributed by atoms with van der Waals surface area (Å²) in [5, 5.41) is 0. The molecule has 0 radical (unpaired) electrons. The largest absolute Gasteiger partial charge is 0.491 e. The van der Waals surface area contributed by atoms with E-state index in [2.05, 4.69) is 6.92 Å². The highest BCUT2D eigenvalue weighted by atomic mass is 19.4. The molecule has 1 aliphatic heterocycles. The molecule has 1 heterocycles. The van der Waals surface area contributed by atoms with E-state index in [9.17, 15) is 22.4 Å². The summed E-state index contributed by atoms with van der Waals surface area (Å²) in [6, 6.07) is 2.49. The average Bonchev–Trinajstić information content (AvgIpc) is 2.85. The monoisotopic (exact) mass is 514 g/mol. The predicted octanol–water partition coefficient (Wildman–Crippen LogP) is 7.43. The molecule has 202 valence electrons. The highest BCUT2D eigenvalue weighted by Gasteiger charge is 2.42. The van der Waals surface area contributed by atoms with E-state index in [-0.39, 0.29) is 37.7 Å². The van der Waals surface area contributed by atoms with Crippen LogP contribution >= 0.6 is 0 Å². The normalized spacial score (nSPS) is 31.6. The molecule has 36 heavy (non-hydrogen) atoms. The Kier molecular flexibility index (Phi) is 8.84. The molecule has 4 nitrogen and oxygen atoms in total. The van der Waals surface area contributed by atoms with E-state index < -0.39 is 41.3 Å². The second kappa shape index (κ2) is 11.7. The second-order valence-electron chi connectivity index (χ2n) is 10.9. The number of alkyl halides is 3. The van der Waals surface area contributed by atoms with Crippen LogP contribution in [0.5, 0.6) is 5.75 Å². The lowest BCUT2D eigenvalue weighted by Crippen LogP contribution is -2.37. The van der Waals surface area contributed by atoms with Crippen molar-refractivity contribution in [1.29, 1.82) is 0 Å². The molecular weight excluding hydrogens is 476 g/mol. The molecule has 2 aliphatic carbocycles. The lowest BCUT2D eigenvalue weighted by Gasteiger charge is -2.37. The molecule has 2 saturated carbocycles. The zero-order chi connectivity index (χ0) is 25.9. The van der Waals surface area contributed by atoms with Crippen molar-refractivity contribution in [1.82, 2.24) is 0 Å². The van der Waals surface area contributed by atoms with Crippen molar-refractivity contribution < 1.29 is 36.6 Å². The molecule has 0 amide bonds. The molecular formula is C28H38F4O4. The third kappa shape index (κ3) is 6.35. The number of rotatable bonds is 6. The molecule has 3 fully saturated rings. The van der Waals surface area contributed by atoms with Crippen LogP contribution in [0.4, 0.5) is 17.6 Å². The zero-order valence-corrected chi connectivity index (χ0v) is 21.2. The van der Waals surface area contributed by atoms with Crippen molar-refractivity contribution in [3.63, 3.8) is 0 Å². The van der Waals surface area contributed by atoms with Crippen molar-refractivity contribution in [2.24, 2.45) is 17.8 Å². The van der Waals surface area contributed by atoms with Crippen molar-refractivity contribution in [3.8, 4) is 5.75 Å². The van der Waals surface area contributed by atoms with Crippen molar-refractivity contribution in [2.45, 2.75) is 102 Å². The van der Waals surface area contributed by atoms with Crippen molar-refractivity contribution in [2.75, 3.05) is 13.2 Å². The summed E-state index contributed by atoms with van der Waals surface area (Å²) in [5.74, 6) is -0.563. The van der Waals surface area contributed by atoms with Gasteiger partial charge in [0.05, 0.1) is 18.8 Å². The van der Waals surface area contributed by atoms with Crippen molar-refractivity contribution in [3.05, 3.63) is 29.1 Å². The van der Waals surface area contributed by atoms with Crippen LogP contribution in [0.1, 0.15) is 95.1 Å². The maximum atomic E-state index is 14.6. The highest BCUT2D eigenvalue weighted by Crippen LogP contribution is 2.43. The van der Waals surface area contributed by atoms with Gasteiger partial charge >= 0.3 is 12.1 Å². The first-order valence-corrected chi connectivity index (χ1v) is 13.5. The maximum Gasteiger partial charge on any atom is 0.419 e. The van der Waals surface area contributed by atoms with Crippen LogP contribution in [0.15, 0.2) is 12.1 Å². The van der Waals surface area contributed by atoms with Gasteiger partial charge in [0, 0.05) is 5.92 Å². The number of ether oxygens (including phenoxy) is 3. The quantitative estimate of drug-likeness (QED) is 0.292. The van der Waals surface area contributed by atoms with E-state index in [1.165, 1.54) is 37.8 Å². The lowest BCUT2D eigenvalue weighted by atomic mass is 9.71. The van der Waals surface area contributed by atoms with Gasteiger partial charge in [0.2, 0.25) is 0 Å². The molecule has 1 aromatic rings. The first-order chi connectivity index (χ1) is 17.2. The van der Waals surface area contributed by atoms with E-state index in [0.717, 1.165) is 43.4 Å². The van der Waals surface area contributed by atoms with Gasteiger partial charge in [-0.1, -0.05) is 25.8 Å². The molecule has 3 aliphatic rings. The van der Waals surface area contributed by atoms with Gasteiger partial charge in [0.25, 0.3) is 0 Å². The maximum absolute atomic E-state index is 14.6. The number of esters is 1. The van der Waals surface area contributed by atoms with E-state index in [4.69, 9.17) is 14.2 Å². The highest BCUT2D eigenvalue weighted by molar-refractivity contribution is 5.75. The van der Waals surface area contributed by atoms with Gasteiger partial charge < -0.3 is 14.2 Å². The van der Waals surface area contributed by atoms with E-state index >= 15 is 0 Å². The number of halogens is 4. The number of carbonyl (C=O) groups excluding carboxylic acids is 1. The van der Waals surface area contributed by atoms with E-state index in [1.807, 2.05) is 0 Å². The molecule has 4 rings (SSSR count). The molecule has 2 unspecified atom stereocenters. The summed E-state index contributed by atoms with van der Waals surface area (Å²) < 4.78 is 72.2. The molecule has 2 atom stereocenters. The van der Waals surface area contributed by atoms with Crippen LogP contribution in [-0.4, -0.2) is 31.4 Å². The third-order valence-electron chi connectivity index (χ3n) is 8.43. The standard InChI is InChI=1S/C28H38F4O4/c1-3-34-23-15-13-22(25(26(23)29)28(30,31)32)20-10-14-24(35-16-20)27(33)36-21-11-8-19(9-12-21)18-6-4-17(2)5-7-18/h13,15,17-21,24H,3-12,14,16H2,1-2H3. The molecule has 1 saturated heterocycles. The van der Waals surface area contributed by atoms with Crippen LogP contribution in [0.3, 0.4) is 0 Å². The first kappa shape index (κ1) is 27.2. The Bertz CT molecular complexity index is 878. The Morgan fingerprint density at radius 3 is 2.17 bits per heavy atom. The summed E-state index contributed by atoms with van der Waals surface area (Å²) in [7, 11) is 0. The van der Waals surface area contributed by atoms with Crippen molar-refractivity contribution >= 4 is 5.97 Å². The fraction of sp³-hybridized carbons (Fsp3) is 0.750. The number of hydrogen-bond donors (Lipinski definition) is 0. The van der Waals surface area contributed by atoms with E-state index in [0.29, 0.717) is 0 Å². The van der Waals surface area contributed by atoms with Gasteiger partial charge in [-0.05, 0) is 87.7 Å². The minimum atomic E-state index is -4.86. The average molecular weight is 515 g/mol. The minimum absolute atomic E-state index is 0.0609. The minimum Gasteiger partial charge on any atom is -0.491 e. The molecule has 0 spiro atoms. The molecule has 0 bridgehead atoms. The fourth-order valence-corrected chi connectivity index (χ4v) is 6.33. The Labute approximate surface area is 211 Å². The summed E-state index contributed by atoms with van der Waals surface area (Å²) >= 11 is 0. The molecule has 0 aromatic heterocycles. The Hall–Kier alpha value is -1.83. The Morgan fingerprint density at radius 2 is 1.61 bits per heavy atom. The van der Waals surface area contributed by atoms with Crippen LogP contribution in [0, 0.1) is 23.6 Å². The number of hydrogen-bond acceptors (Lipinski definition) is 4. The molecule has 0 N–H and O–H groups in total. The van der Waals surface area contributed by atoms with Crippen LogP contribution in [-0.2, 0) is 20.4 Å². The van der Waals surface area contributed by atoms with Gasteiger partial charge in [0.15, 0.2) is 17.7 Å². The summed E-state index contributed by atoms with van der Waals surface area (Å²) in [6.45, 7) is 3.87. The second-order valence-corrected chi connectivity index (χ2v) is 10.9. The number of benzene rings is 1. The first-order valence-electron chi connectivity index (χ1n) is 13.5. The van der Waals surface area contributed by atoms with Gasteiger partial charge in [-0.25, -0.2) is 9.18 Å².